The number of nitrogens with zero attached hydrogens (tertiary/aromatic N) is 5. The second-order valence-electron chi connectivity index (χ2n) is 6.55. The highest BCUT2D eigenvalue weighted by Crippen LogP contribution is 2.24. The van der Waals surface area contributed by atoms with E-state index in [0.717, 1.165) is 50.1 Å². The van der Waals surface area contributed by atoms with Crippen molar-refractivity contribution in [2.45, 2.75) is 51.7 Å². The Bertz CT molecular complexity index is 656. The zero-order chi connectivity index (χ0) is 15.6. The highest BCUT2D eigenvalue weighted by molar-refractivity contribution is 5.40. The summed E-state index contributed by atoms with van der Waals surface area (Å²) in [5.74, 6) is 3.21. The quantitative estimate of drug-likeness (QED) is 0.938. The Morgan fingerprint density at radius 3 is 2.78 bits per heavy atom. The number of fused-ring (bicyclic) bond motifs is 1. The monoisotopic (exact) mass is 312 g/mol. The van der Waals surface area contributed by atoms with E-state index in [1.54, 1.807) is 0 Å². The summed E-state index contributed by atoms with van der Waals surface area (Å²) in [6.45, 7) is 6.17. The van der Waals surface area contributed by atoms with Crippen molar-refractivity contribution < 1.29 is 0 Å². The summed E-state index contributed by atoms with van der Waals surface area (Å²) in [6.07, 6.45) is 6.87. The average Bonchev–Trinajstić information content (AvgIpc) is 3.24. The van der Waals surface area contributed by atoms with Crippen LogP contribution in [0.15, 0.2) is 18.3 Å². The van der Waals surface area contributed by atoms with Crippen LogP contribution in [-0.2, 0) is 13.1 Å². The van der Waals surface area contributed by atoms with Crippen molar-refractivity contribution in [2.24, 2.45) is 0 Å². The molecule has 0 spiro atoms. The second kappa shape index (κ2) is 6.28. The zero-order valence-corrected chi connectivity index (χ0v) is 13.7. The number of hydrogen-bond acceptors (Lipinski definition) is 5. The predicted octanol–water partition coefficient (Wildman–Crippen LogP) is 2.21. The normalized spacial score (nSPS) is 20.7. The number of nitrogens with one attached hydrogen (secondary N) is 1. The van der Waals surface area contributed by atoms with Crippen molar-refractivity contribution in [3.8, 4) is 0 Å². The van der Waals surface area contributed by atoms with Gasteiger partial charge in [-0.1, -0.05) is 6.07 Å². The maximum atomic E-state index is 4.63. The fourth-order valence-electron chi connectivity index (χ4n) is 3.60. The summed E-state index contributed by atoms with van der Waals surface area (Å²) in [7, 11) is 0. The van der Waals surface area contributed by atoms with Crippen molar-refractivity contribution in [3.63, 3.8) is 0 Å². The molecule has 6 nitrogen and oxygen atoms in total. The Kier molecular flexibility index (Phi) is 3.99. The molecule has 6 heteroatoms. The Balaban J connectivity index is 1.39. The van der Waals surface area contributed by atoms with Gasteiger partial charge in [-0.3, -0.25) is 0 Å². The van der Waals surface area contributed by atoms with Crippen LogP contribution in [0.3, 0.4) is 0 Å². The van der Waals surface area contributed by atoms with Crippen LogP contribution in [0, 0.1) is 6.92 Å². The lowest BCUT2D eigenvalue weighted by atomic mass is 10.1. The summed E-state index contributed by atoms with van der Waals surface area (Å²) in [6, 6.07) is 4.63. The average molecular weight is 312 g/mol. The number of anilines is 1. The maximum Gasteiger partial charge on any atom is 0.150 e. The molecule has 1 saturated heterocycles. The van der Waals surface area contributed by atoms with Gasteiger partial charge >= 0.3 is 0 Å². The molecule has 4 rings (SSSR count). The third-order valence-corrected chi connectivity index (χ3v) is 4.94. The molecule has 23 heavy (non-hydrogen) atoms. The van der Waals surface area contributed by atoms with E-state index in [9.17, 15) is 0 Å². The van der Waals surface area contributed by atoms with Gasteiger partial charge in [0.05, 0.1) is 6.04 Å². The first-order chi connectivity index (χ1) is 11.3. The molecular weight excluding hydrogens is 288 g/mol. The van der Waals surface area contributed by atoms with Gasteiger partial charge < -0.3 is 14.8 Å². The largest absolute Gasteiger partial charge is 0.357 e. The maximum absolute atomic E-state index is 4.63. The third kappa shape index (κ3) is 2.95. The number of pyridine rings is 1. The molecule has 1 unspecified atom stereocenters. The van der Waals surface area contributed by atoms with E-state index in [2.05, 4.69) is 42.1 Å². The van der Waals surface area contributed by atoms with Crippen molar-refractivity contribution in [1.82, 2.24) is 25.1 Å². The summed E-state index contributed by atoms with van der Waals surface area (Å²) in [5.41, 5.74) is 1.22. The molecule has 0 aliphatic carbocycles. The number of aromatic nitrogens is 4. The predicted molar refractivity (Wildman–Crippen MR) is 89.3 cm³/mol. The van der Waals surface area contributed by atoms with Gasteiger partial charge in [-0.15, -0.1) is 10.2 Å². The van der Waals surface area contributed by atoms with Crippen LogP contribution in [0.4, 0.5) is 5.82 Å². The Morgan fingerprint density at radius 2 is 2.00 bits per heavy atom. The van der Waals surface area contributed by atoms with E-state index in [0.29, 0.717) is 6.04 Å². The molecule has 0 aromatic carbocycles. The van der Waals surface area contributed by atoms with Gasteiger partial charge in [0.1, 0.15) is 17.5 Å². The molecule has 0 saturated carbocycles. The first-order valence-electron chi connectivity index (χ1n) is 8.64. The van der Waals surface area contributed by atoms with E-state index in [1.165, 1.54) is 24.8 Å². The third-order valence-electron chi connectivity index (χ3n) is 4.94. The molecular formula is C17H24N6. The van der Waals surface area contributed by atoms with Crippen molar-refractivity contribution >= 4 is 5.82 Å². The minimum Gasteiger partial charge on any atom is -0.357 e. The van der Waals surface area contributed by atoms with Crippen LogP contribution in [0.5, 0.6) is 0 Å². The fraction of sp³-hybridized carbons (Fsp3) is 0.588. The van der Waals surface area contributed by atoms with Crippen LogP contribution in [0.1, 0.15) is 48.9 Å². The number of aryl methyl sites for hydroxylation is 1. The summed E-state index contributed by atoms with van der Waals surface area (Å²) < 4.78 is 2.23. The van der Waals surface area contributed by atoms with E-state index in [-0.39, 0.29) is 0 Å². The molecule has 0 radical (unpaired) electrons. The van der Waals surface area contributed by atoms with E-state index in [1.807, 2.05) is 13.1 Å². The molecule has 1 atom stereocenters. The lowest BCUT2D eigenvalue weighted by Crippen LogP contribution is -2.28. The van der Waals surface area contributed by atoms with Crippen LogP contribution in [-0.4, -0.2) is 32.8 Å². The highest BCUT2D eigenvalue weighted by atomic mass is 15.3. The van der Waals surface area contributed by atoms with Crippen molar-refractivity contribution in [2.75, 3.05) is 18.0 Å². The molecule has 0 amide bonds. The molecule has 1 fully saturated rings. The topological polar surface area (TPSA) is 58.9 Å². The summed E-state index contributed by atoms with van der Waals surface area (Å²) >= 11 is 0. The highest BCUT2D eigenvalue weighted by Gasteiger charge is 2.23. The van der Waals surface area contributed by atoms with E-state index >= 15 is 0 Å². The van der Waals surface area contributed by atoms with Crippen LogP contribution in [0.25, 0.3) is 0 Å². The Hall–Kier alpha value is -1.95. The van der Waals surface area contributed by atoms with Crippen LogP contribution >= 0.6 is 0 Å². The zero-order valence-electron chi connectivity index (χ0n) is 13.7. The molecule has 1 N–H and O–H groups in total. The molecule has 2 aromatic heterocycles. The standard InChI is InChI=1S/C17H24N6/c1-13-20-21-17-15(5-4-10-23(13)17)18-11-14-6-7-16(19-12-14)22-8-2-3-9-22/h6-7,12,15,18H,2-5,8-11H2,1H3. The lowest BCUT2D eigenvalue weighted by molar-refractivity contribution is 0.381. The molecule has 2 aliphatic heterocycles. The molecule has 122 valence electrons. The SMILES string of the molecule is Cc1nnc2n1CCCC2NCc1ccc(N2CCCC2)nc1. The summed E-state index contributed by atoms with van der Waals surface area (Å²) in [4.78, 5) is 6.99. The van der Waals surface area contributed by atoms with Gasteiger partial charge in [0.2, 0.25) is 0 Å². The first kappa shape index (κ1) is 14.6. The van der Waals surface area contributed by atoms with Gasteiger partial charge in [0, 0.05) is 32.4 Å². The van der Waals surface area contributed by atoms with Gasteiger partial charge in [-0.05, 0) is 44.2 Å². The van der Waals surface area contributed by atoms with Crippen LogP contribution < -0.4 is 10.2 Å². The second-order valence-corrected chi connectivity index (χ2v) is 6.55. The molecule has 2 aliphatic rings. The van der Waals surface area contributed by atoms with Gasteiger partial charge in [0.25, 0.3) is 0 Å². The number of rotatable bonds is 4. The van der Waals surface area contributed by atoms with Gasteiger partial charge in [0.15, 0.2) is 0 Å². The van der Waals surface area contributed by atoms with Crippen LogP contribution in [0.2, 0.25) is 0 Å². The molecule has 0 bridgehead atoms. The molecule has 2 aromatic rings. The Morgan fingerprint density at radius 1 is 1.13 bits per heavy atom. The number of hydrogen-bond donors (Lipinski definition) is 1. The minimum atomic E-state index is 0.295. The van der Waals surface area contributed by atoms with E-state index < -0.39 is 0 Å². The van der Waals surface area contributed by atoms with Gasteiger partial charge in [-0.25, -0.2) is 4.98 Å². The Labute approximate surface area is 136 Å². The molecule has 4 heterocycles. The van der Waals surface area contributed by atoms with E-state index in [4.69, 9.17) is 0 Å². The minimum absolute atomic E-state index is 0.295. The smallest absolute Gasteiger partial charge is 0.150 e. The summed E-state index contributed by atoms with van der Waals surface area (Å²) in [5, 5.41) is 12.2. The first-order valence-corrected chi connectivity index (χ1v) is 8.64. The fourth-order valence-corrected chi connectivity index (χ4v) is 3.60. The van der Waals surface area contributed by atoms with Crippen molar-refractivity contribution in [1.29, 1.82) is 0 Å². The lowest BCUT2D eigenvalue weighted by Gasteiger charge is -2.24. The van der Waals surface area contributed by atoms with Crippen molar-refractivity contribution in [3.05, 3.63) is 35.5 Å². The van der Waals surface area contributed by atoms with Gasteiger partial charge in [-0.2, -0.15) is 0 Å².